The van der Waals surface area contributed by atoms with Crippen molar-refractivity contribution in [3.05, 3.63) is 71.5 Å². The predicted molar refractivity (Wildman–Crippen MR) is 83.1 cm³/mol. The molecule has 4 heteroatoms. The number of carbonyl (C=O) groups is 1. The molecule has 0 unspecified atom stereocenters. The zero-order valence-electron chi connectivity index (χ0n) is 12.5. The van der Waals surface area contributed by atoms with Gasteiger partial charge in [0, 0.05) is 11.1 Å². The molecule has 1 fully saturated rings. The minimum absolute atomic E-state index is 0.00115. The highest BCUT2D eigenvalue weighted by Gasteiger charge is 2.24. The topological polar surface area (TPSA) is 24.8 Å². The van der Waals surface area contributed by atoms with E-state index in [1.54, 1.807) is 12.1 Å². The Morgan fingerprint density at radius 1 is 1.00 bits per heavy atom. The van der Waals surface area contributed by atoms with Crippen molar-refractivity contribution in [1.29, 1.82) is 0 Å². The van der Waals surface area contributed by atoms with Crippen molar-refractivity contribution in [2.24, 2.45) is 0 Å². The van der Waals surface area contributed by atoms with E-state index >= 15 is 0 Å². The lowest BCUT2D eigenvalue weighted by atomic mass is 10.1. The first kappa shape index (κ1) is 14.7. The number of carbonyl (C=O) groups excluding carboxylic acids is 1. The average molecular weight is 299 g/mol. The fraction of sp³-hybridized carbons (Fsp3) is 0.278. The summed E-state index contributed by atoms with van der Waals surface area (Å²) in [5.41, 5.74) is 1.89. The third kappa shape index (κ3) is 3.52. The van der Waals surface area contributed by atoms with Crippen LogP contribution in [-0.4, -0.2) is 37.0 Å². The van der Waals surface area contributed by atoms with Gasteiger partial charge in [0.15, 0.2) is 0 Å². The molecule has 0 radical (unpaired) electrons. The molecule has 3 rings (SSSR count). The van der Waals surface area contributed by atoms with Gasteiger partial charge in [-0.2, -0.15) is 0 Å². The summed E-state index contributed by atoms with van der Waals surface area (Å²) in [4.78, 5) is 15.7. The van der Waals surface area contributed by atoms with Gasteiger partial charge in [0.2, 0.25) is 0 Å². The van der Waals surface area contributed by atoms with Crippen molar-refractivity contribution >= 4 is 5.91 Å². The highest BCUT2D eigenvalue weighted by molar-refractivity contribution is 5.94. The third-order valence-electron chi connectivity index (χ3n) is 4.15. The molecule has 3 nitrogen and oxygen atoms in total. The van der Waals surface area contributed by atoms with Gasteiger partial charge in [0.25, 0.3) is 5.91 Å². The lowest BCUT2D eigenvalue weighted by Crippen LogP contribution is -3.13. The first-order valence-corrected chi connectivity index (χ1v) is 7.65. The first-order chi connectivity index (χ1) is 10.7. The van der Waals surface area contributed by atoms with Crippen LogP contribution in [0.15, 0.2) is 54.6 Å². The van der Waals surface area contributed by atoms with E-state index in [0.29, 0.717) is 5.56 Å². The van der Waals surface area contributed by atoms with Crippen LogP contribution < -0.4 is 4.90 Å². The zero-order chi connectivity index (χ0) is 15.4. The van der Waals surface area contributed by atoms with E-state index in [1.165, 1.54) is 22.6 Å². The van der Waals surface area contributed by atoms with E-state index in [4.69, 9.17) is 0 Å². The molecule has 0 atom stereocenters. The van der Waals surface area contributed by atoms with E-state index < -0.39 is 0 Å². The van der Waals surface area contributed by atoms with Crippen LogP contribution in [0, 0.1) is 5.82 Å². The number of halogens is 1. The maximum absolute atomic E-state index is 12.9. The van der Waals surface area contributed by atoms with Crippen LogP contribution in [0.25, 0.3) is 0 Å². The van der Waals surface area contributed by atoms with Gasteiger partial charge in [-0.15, -0.1) is 0 Å². The Bertz CT molecular complexity index is 619. The molecular weight excluding hydrogens is 279 g/mol. The number of hydrogen-bond donors (Lipinski definition) is 1. The lowest BCUT2D eigenvalue weighted by Gasteiger charge is -2.32. The Balaban J connectivity index is 1.55. The van der Waals surface area contributed by atoms with Crippen molar-refractivity contribution in [2.45, 2.75) is 6.54 Å². The fourth-order valence-electron chi connectivity index (χ4n) is 2.86. The summed E-state index contributed by atoms with van der Waals surface area (Å²) in [5, 5.41) is 0. The Hall–Kier alpha value is -2.20. The van der Waals surface area contributed by atoms with E-state index in [2.05, 4.69) is 24.3 Å². The van der Waals surface area contributed by atoms with Gasteiger partial charge in [-0.3, -0.25) is 4.79 Å². The van der Waals surface area contributed by atoms with Gasteiger partial charge in [-0.25, -0.2) is 4.39 Å². The molecule has 114 valence electrons. The molecule has 1 amide bonds. The second-order valence-corrected chi connectivity index (χ2v) is 5.71. The number of amides is 1. The molecule has 2 aromatic carbocycles. The molecule has 1 heterocycles. The fourth-order valence-corrected chi connectivity index (χ4v) is 2.86. The van der Waals surface area contributed by atoms with Gasteiger partial charge in [-0.1, -0.05) is 30.3 Å². The maximum atomic E-state index is 12.9. The van der Waals surface area contributed by atoms with Crippen LogP contribution in [0.5, 0.6) is 0 Å². The largest absolute Gasteiger partial charge is 0.328 e. The molecule has 0 saturated carbocycles. The zero-order valence-corrected chi connectivity index (χ0v) is 12.5. The van der Waals surface area contributed by atoms with Crippen molar-refractivity contribution in [2.75, 3.05) is 26.2 Å². The van der Waals surface area contributed by atoms with Crippen molar-refractivity contribution in [3.63, 3.8) is 0 Å². The van der Waals surface area contributed by atoms with Crippen molar-refractivity contribution < 1.29 is 14.1 Å². The number of rotatable bonds is 3. The van der Waals surface area contributed by atoms with Gasteiger partial charge in [0.05, 0.1) is 26.2 Å². The molecule has 1 aliphatic rings. The number of nitrogens with one attached hydrogen (secondary N) is 1. The summed E-state index contributed by atoms with van der Waals surface area (Å²) in [7, 11) is 0. The second-order valence-electron chi connectivity index (χ2n) is 5.71. The monoisotopic (exact) mass is 299 g/mol. The van der Waals surface area contributed by atoms with Crippen molar-refractivity contribution in [1.82, 2.24) is 4.90 Å². The lowest BCUT2D eigenvalue weighted by molar-refractivity contribution is -0.917. The Morgan fingerprint density at radius 2 is 1.64 bits per heavy atom. The molecule has 0 aromatic heterocycles. The summed E-state index contributed by atoms with van der Waals surface area (Å²) < 4.78 is 12.9. The molecule has 1 aliphatic heterocycles. The SMILES string of the molecule is O=C(c1ccc(F)cc1)N1CC[NH+](Cc2ccccc2)CC1. The number of hydrogen-bond acceptors (Lipinski definition) is 1. The summed E-state index contributed by atoms with van der Waals surface area (Å²) in [6.45, 7) is 4.39. The van der Waals surface area contributed by atoms with Crippen LogP contribution >= 0.6 is 0 Å². The Morgan fingerprint density at radius 3 is 2.27 bits per heavy atom. The quantitative estimate of drug-likeness (QED) is 0.909. The molecule has 0 aliphatic carbocycles. The van der Waals surface area contributed by atoms with Gasteiger partial charge in [0.1, 0.15) is 12.4 Å². The molecule has 0 bridgehead atoms. The predicted octanol–water partition coefficient (Wildman–Crippen LogP) is 1.37. The Labute approximate surface area is 130 Å². The molecule has 22 heavy (non-hydrogen) atoms. The van der Waals surface area contributed by atoms with Crippen LogP contribution in [0.1, 0.15) is 15.9 Å². The average Bonchev–Trinajstić information content (AvgIpc) is 2.57. The third-order valence-corrected chi connectivity index (χ3v) is 4.15. The normalized spacial score (nSPS) is 15.8. The molecule has 2 aromatic rings. The van der Waals surface area contributed by atoms with E-state index in [1.807, 2.05) is 11.0 Å². The van der Waals surface area contributed by atoms with Crippen LogP contribution in [0.4, 0.5) is 4.39 Å². The first-order valence-electron chi connectivity index (χ1n) is 7.65. The molecule has 1 N–H and O–H groups in total. The van der Waals surface area contributed by atoms with Gasteiger partial charge in [-0.05, 0) is 24.3 Å². The molecular formula is C18H20FN2O+. The van der Waals surface area contributed by atoms with Crippen molar-refractivity contribution in [3.8, 4) is 0 Å². The minimum atomic E-state index is -0.311. The van der Waals surface area contributed by atoms with E-state index in [-0.39, 0.29) is 11.7 Å². The summed E-state index contributed by atoms with van der Waals surface area (Å²) in [6.07, 6.45) is 0. The second kappa shape index (κ2) is 6.71. The van der Waals surface area contributed by atoms with Crippen LogP contribution in [0.2, 0.25) is 0 Å². The van der Waals surface area contributed by atoms with Gasteiger partial charge < -0.3 is 9.80 Å². The minimum Gasteiger partial charge on any atom is -0.328 e. The number of benzene rings is 2. The summed E-state index contributed by atoms with van der Waals surface area (Å²) >= 11 is 0. The van der Waals surface area contributed by atoms with Gasteiger partial charge >= 0.3 is 0 Å². The smallest absolute Gasteiger partial charge is 0.254 e. The van der Waals surface area contributed by atoms with Crippen LogP contribution in [-0.2, 0) is 6.54 Å². The Kier molecular flexibility index (Phi) is 4.49. The maximum Gasteiger partial charge on any atom is 0.254 e. The number of nitrogens with zero attached hydrogens (tertiary/aromatic N) is 1. The summed E-state index contributed by atoms with van der Waals surface area (Å²) in [6, 6.07) is 16.2. The molecule has 1 saturated heterocycles. The standard InChI is InChI=1S/C18H19FN2O/c19-17-8-6-16(7-9-17)18(22)21-12-10-20(11-13-21)14-15-4-2-1-3-5-15/h1-9H,10-14H2/p+1. The van der Waals surface area contributed by atoms with E-state index in [0.717, 1.165) is 32.7 Å². The summed E-state index contributed by atoms with van der Waals surface area (Å²) in [5.74, 6) is -0.313. The number of quaternary nitrogens is 1. The van der Waals surface area contributed by atoms with E-state index in [9.17, 15) is 9.18 Å². The number of piperazine rings is 1. The molecule has 0 spiro atoms. The van der Waals surface area contributed by atoms with Crippen LogP contribution in [0.3, 0.4) is 0 Å². The highest BCUT2D eigenvalue weighted by atomic mass is 19.1. The highest BCUT2D eigenvalue weighted by Crippen LogP contribution is 2.07.